The van der Waals surface area contributed by atoms with Gasteiger partial charge in [0.05, 0.1) is 83.0 Å². The molecule has 30 nitrogen and oxygen atoms in total. The molecule has 0 bridgehead atoms. The summed E-state index contributed by atoms with van der Waals surface area (Å²) in [6.45, 7) is 18.5. The molecule has 5 aliphatic rings. The van der Waals surface area contributed by atoms with Crippen molar-refractivity contribution >= 4 is 126 Å². The highest BCUT2D eigenvalue weighted by atomic mass is 35.5. The SMILES string of the molecule is CC(C)CC(=O)Nc1cccc(CN2C(=O)C(c3ccccc3)(c3ccccc3)N=C2N)c1.CN1C(=O)C(CCCc2cnn(C)c2)[C@@](C)(c2cc(-c3cccc(C#N)c3)cs2)N=C1N.CN1C(=O)C[C@@](C)(c2cc3cccc(-c4ccc(C#N)c(Cl)c4)c3s2)N=C1N.CN1C(=O)C[C@@](C)(c2ccc(-c3cccc(C#N)c3)o2)N=C1N.CN1C(=O)[C@H](c2ccc(C(C)(C)C)cc2)[C@@](C)(c2ccc3cnn(C)c3c2)N=C1N. The van der Waals surface area contributed by atoms with E-state index in [9.17, 15) is 34.0 Å². The molecule has 19 rings (SSSR count). The van der Waals surface area contributed by atoms with Crippen molar-refractivity contribution in [2.45, 2.75) is 146 Å². The maximum atomic E-state index is 13.9. The minimum absolute atomic E-state index is 0.00684. The number of thiophene rings is 2. The third-order valence-corrected chi connectivity index (χ3v) is 30.0. The fourth-order valence-corrected chi connectivity index (χ4v) is 21.2. The first-order valence-corrected chi connectivity index (χ1v) is 49.7. The molecule has 14 aromatic rings. The van der Waals surface area contributed by atoms with E-state index in [2.05, 4.69) is 112 Å². The van der Waals surface area contributed by atoms with Crippen LogP contribution in [0.1, 0.15) is 171 Å². The number of guanidine groups is 5. The average molecular weight is 2010 g/mol. The topological polar surface area (TPSA) is 443 Å². The minimum Gasteiger partial charge on any atom is -0.458 e. The van der Waals surface area contributed by atoms with E-state index in [1.165, 1.54) is 30.1 Å². The molecule has 1 unspecified atom stereocenters. The average Bonchev–Trinajstić information content (AvgIpc) is 1.32. The van der Waals surface area contributed by atoms with Crippen LogP contribution in [0.25, 0.3) is 54.6 Å². The number of nitrogens with one attached hydrogen (secondary N) is 1. The minimum atomic E-state index is -1.23. The van der Waals surface area contributed by atoms with Gasteiger partial charge < -0.3 is 38.4 Å². The lowest BCUT2D eigenvalue weighted by atomic mass is 9.73. The van der Waals surface area contributed by atoms with E-state index in [0.29, 0.717) is 51.8 Å². The molecule has 0 aliphatic carbocycles. The van der Waals surface area contributed by atoms with Gasteiger partial charge in [0.2, 0.25) is 29.5 Å². The Hall–Kier alpha value is -16.5. The summed E-state index contributed by atoms with van der Waals surface area (Å²) in [4.78, 5) is 110. The Bertz CT molecular complexity index is 7620. The number of hydrogen-bond donors (Lipinski definition) is 6. The summed E-state index contributed by atoms with van der Waals surface area (Å²) in [5.41, 5.74) is 40.9. The number of fused-ring (bicyclic) bond motifs is 2. The number of aromatic nitrogens is 4. The van der Waals surface area contributed by atoms with E-state index in [4.69, 9.17) is 70.2 Å². The van der Waals surface area contributed by atoms with Gasteiger partial charge >= 0.3 is 0 Å². The molecule has 10 heterocycles. The number of hydrogen-bond acceptors (Lipinski definition) is 24. The molecule has 146 heavy (non-hydrogen) atoms. The highest BCUT2D eigenvalue weighted by Crippen LogP contribution is 2.50. The predicted octanol–water partition coefficient (Wildman–Crippen LogP) is 18.3. The Labute approximate surface area is 861 Å². The van der Waals surface area contributed by atoms with Crippen LogP contribution in [0, 0.1) is 45.8 Å². The van der Waals surface area contributed by atoms with Crippen LogP contribution in [0.5, 0.6) is 0 Å². The normalized spacial score (nSPS) is 19.6. The smallest absolute Gasteiger partial charge is 0.266 e. The van der Waals surface area contributed by atoms with Gasteiger partial charge in [-0.25, -0.2) is 25.0 Å². The zero-order chi connectivity index (χ0) is 105. The van der Waals surface area contributed by atoms with Crippen LogP contribution in [0.15, 0.2) is 290 Å². The van der Waals surface area contributed by atoms with Crippen molar-refractivity contribution in [2.75, 3.05) is 33.5 Å². The number of furan rings is 1. The first kappa shape index (κ1) is 104. The van der Waals surface area contributed by atoms with E-state index in [1.807, 2.05) is 237 Å². The van der Waals surface area contributed by atoms with E-state index in [1.54, 1.807) is 91.9 Å². The van der Waals surface area contributed by atoms with Gasteiger partial charge in [-0.15, -0.1) is 22.7 Å². The number of nitrogens with zero attached hydrogens (tertiary/aromatic N) is 17. The van der Waals surface area contributed by atoms with Crippen molar-refractivity contribution in [1.29, 1.82) is 15.8 Å². The fourth-order valence-electron chi connectivity index (χ4n) is 18.6. The number of carbonyl (C=O) groups is 6. The van der Waals surface area contributed by atoms with Crippen LogP contribution in [-0.4, -0.2) is 137 Å². The van der Waals surface area contributed by atoms with E-state index < -0.39 is 33.6 Å². The number of nitrogens with two attached hydrogens (primary N) is 5. The maximum Gasteiger partial charge on any atom is 0.266 e. The molecule has 0 saturated carbocycles. The van der Waals surface area contributed by atoms with Crippen LogP contribution in [0.3, 0.4) is 0 Å². The summed E-state index contributed by atoms with van der Waals surface area (Å²) >= 11 is 9.41. The van der Waals surface area contributed by atoms with Crippen molar-refractivity contribution in [2.24, 2.45) is 79.6 Å². The van der Waals surface area contributed by atoms with Crippen molar-refractivity contribution < 1.29 is 33.2 Å². The summed E-state index contributed by atoms with van der Waals surface area (Å²) in [5, 5.41) is 43.4. The number of likely N-dealkylation sites (N-methyl/N-ethyl adjacent to an activating group) is 1. The van der Waals surface area contributed by atoms with Gasteiger partial charge in [0, 0.05) is 86.0 Å². The predicted molar refractivity (Wildman–Crippen MR) is 575 cm³/mol. The number of nitriles is 3. The highest BCUT2D eigenvalue weighted by molar-refractivity contribution is 7.19. The number of aliphatic imine (C=N–C) groups is 5. The summed E-state index contributed by atoms with van der Waals surface area (Å²) in [6.07, 6.45) is 9.02. The van der Waals surface area contributed by atoms with Gasteiger partial charge in [0.15, 0.2) is 35.3 Å². The third kappa shape index (κ3) is 21.7. The quantitative estimate of drug-likeness (QED) is 0.0438. The molecule has 11 N–H and O–H groups in total. The van der Waals surface area contributed by atoms with Crippen LogP contribution in [0.4, 0.5) is 5.69 Å². The molecule has 744 valence electrons. The molecular weight excluding hydrogens is 1890 g/mol. The van der Waals surface area contributed by atoms with Crippen LogP contribution in [0.2, 0.25) is 5.02 Å². The van der Waals surface area contributed by atoms with E-state index >= 15 is 0 Å². The summed E-state index contributed by atoms with van der Waals surface area (Å²) in [6, 6.07) is 81.2. The molecule has 9 aromatic carbocycles. The first-order chi connectivity index (χ1) is 69.5. The lowest BCUT2D eigenvalue weighted by molar-refractivity contribution is -0.134. The van der Waals surface area contributed by atoms with E-state index in [-0.39, 0.29) is 102 Å². The Balaban J connectivity index is 0.000000138. The van der Waals surface area contributed by atoms with Crippen molar-refractivity contribution in [3.63, 3.8) is 0 Å². The summed E-state index contributed by atoms with van der Waals surface area (Å²) in [5.74, 6) is 1.26. The van der Waals surface area contributed by atoms with E-state index in [0.717, 1.165) is 105 Å². The lowest BCUT2D eigenvalue weighted by Gasteiger charge is -2.41. The van der Waals surface area contributed by atoms with Gasteiger partial charge in [0.25, 0.3) is 5.91 Å². The number of anilines is 1. The van der Waals surface area contributed by atoms with Gasteiger partial charge in [-0.1, -0.05) is 204 Å². The van der Waals surface area contributed by atoms with Crippen molar-refractivity contribution in [3.05, 3.63) is 337 Å². The number of carbonyl (C=O) groups excluding carboxylic acids is 6. The largest absolute Gasteiger partial charge is 0.458 e. The zero-order valence-corrected chi connectivity index (χ0v) is 86.4. The first-order valence-electron chi connectivity index (χ1n) is 47.6. The third-order valence-electron chi connectivity index (χ3n) is 27.1. The van der Waals surface area contributed by atoms with Crippen molar-refractivity contribution in [3.8, 4) is 51.8 Å². The Kier molecular flexibility index (Phi) is 30.3. The molecule has 6 amide bonds. The van der Waals surface area contributed by atoms with Crippen LogP contribution >= 0.6 is 34.3 Å². The molecule has 5 aromatic heterocycles. The number of rotatable bonds is 19. The highest BCUT2D eigenvalue weighted by Gasteiger charge is 2.52. The number of amides is 6. The molecular formula is C113H116ClN23O7S2. The van der Waals surface area contributed by atoms with Crippen LogP contribution < -0.4 is 34.0 Å². The molecule has 0 fully saturated rings. The van der Waals surface area contributed by atoms with Crippen LogP contribution in [-0.2, 0) is 88.9 Å². The fraction of sp³-hybridized carbons (Fsp3) is 0.274. The standard InChI is InChI=1S/C27H28N4O2.C24H26N6OS.C24H29N5O.C21H17ClN4OS.C17H16N4O2/c1-19(2)16-24(32)29-23-15-9-10-20(17-23)18-31-25(33)27(30-26(31)28,21-11-5-3-6-12-21)22-13-7-4-8-14-22;1-24(21-11-19(15-32-21)18-8-4-6-16(10-18)12-25)20(22(31)30(3)23(26)28-24)9-5-7-17-13-27-29(2)14-17;1-23(2,3)17-10-7-15(8-11-17)20-21(30)28(5)22(25)27-24(20,4)18-12-9-16-14-26-29(6)19(16)13-18;1-21(10-18(27)26(2)20(24)25-21)17-9-13-4-3-5-15(19(13)28-17)12-6-7-14(11-23)16(22)8-12;1-17(9-15(22)21(2)16(19)20-17)14-7-6-13(23-14)12-5-3-4-11(8-12)10-18/h3-15,17,19H,16,18H2,1-2H3,(H2,28,30)(H,29,32);4,6,8,10-11,13-15,20H,5,7,9H2,1-3H3,(H2,26,28);7-14,20H,1-6H3,(H2,25,27);3-9H,10H2,1-2H3,(H2,24,25);3-8H,9H2,1-2H3,(H2,19,20)/t;20?,24-;20-,24+;21-;17-/m.0000/s1. The number of halogens is 1. The van der Waals surface area contributed by atoms with Gasteiger partial charge in [0.1, 0.15) is 39.7 Å². The summed E-state index contributed by atoms with van der Waals surface area (Å²) < 4.78 is 10.6. The molecule has 0 radical (unpaired) electrons. The zero-order valence-electron chi connectivity index (χ0n) is 84.0. The Morgan fingerprint density at radius 1 is 0.548 bits per heavy atom. The second kappa shape index (κ2) is 42.6. The monoisotopic (exact) mass is 2010 g/mol. The molecule has 33 heteroatoms. The molecule has 6 atom stereocenters. The Morgan fingerprint density at radius 2 is 1.16 bits per heavy atom. The van der Waals surface area contributed by atoms with Gasteiger partial charge in [-0.05, 0) is 209 Å². The number of benzene rings is 9. The molecule has 0 spiro atoms. The second-order valence-corrected chi connectivity index (χ2v) is 41.5. The van der Waals surface area contributed by atoms with Gasteiger partial charge in [-0.2, -0.15) is 26.0 Å². The Morgan fingerprint density at radius 3 is 1.77 bits per heavy atom. The second-order valence-electron chi connectivity index (χ2n) is 39.1. The lowest BCUT2D eigenvalue weighted by Crippen LogP contribution is -2.53. The van der Waals surface area contributed by atoms with Crippen molar-refractivity contribution in [1.82, 2.24) is 44.1 Å². The summed E-state index contributed by atoms with van der Waals surface area (Å²) in [7, 11) is 10.4. The van der Waals surface area contributed by atoms with Gasteiger partial charge in [-0.3, -0.25) is 62.6 Å². The number of aryl methyl sites for hydroxylation is 3. The maximum absolute atomic E-state index is 13.9. The molecule has 0 saturated heterocycles. The molecule has 5 aliphatic heterocycles.